The highest BCUT2D eigenvalue weighted by Gasteiger charge is 2.24. The fourth-order valence-corrected chi connectivity index (χ4v) is 3.46. The molecule has 1 aliphatic carbocycles. The van der Waals surface area contributed by atoms with Crippen LogP contribution in [0.1, 0.15) is 18.0 Å². The van der Waals surface area contributed by atoms with Crippen LogP contribution in [0, 0.1) is 5.92 Å². The molecule has 0 fully saturated rings. The highest BCUT2D eigenvalue weighted by molar-refractivity contribution is 5.77. The molecule has 2 aromatic heterocycles. The molecule has 0 saturated carbocycles. The average Bonchev–Trinajstić information content (AvgIpc) is 3.36. The molecule has 8 nitrogen and oxygen atoms in total. The maximum absolute atomic E-state index is 5.90. The Morgan fingerprint density at radius 1 is 1.14 bits per heavy atom. The zero-order valence-electron chi connectivity index (χ0n) is 16.4. The Morgan fingerprint density at radius 3 is 2.83 bits per heavy atom. The van der Waals surface area contributed by atoms with E-state index in [-0.39, 0.29) is 12.0 Å². The third-order valence-corrected chi connectivity index (χ3v) is 4.88. The maximum atomic E-state index is 5.90. The molecular formula is C21H25N5O3. The van der Waals surface area contributed by atoms with Crippen molar-refractivity contribution < 1.29 is 14.2 Å². The first-order valence-corrected chi connectivity index (χ1v) is 9.66. The normalized spacial score (nSPS) is 18.5. The van der Waals surface area contributed by atoms with Gasteiger partial charge in [-0.1, -0.05) is 42.5 Å². The predicted molar refractivity (Wildman–Crippen MR) is 109 cm³/mol. The number of fused-ring (bicyclic) bond motifs is 1. The Balaban J connectivity index is 1.40. The Hall–Kier alpha value is -2.97. The first-order chi connectivity index (χ1) is 14.2. The van der Waals surface area contributed by atoms with E-state index in [0.717, 1.165) is 6.42 Å². The Morgan fingerprint density at radius 2 is 2.00 bits per heavy atom. The molecule has 0 spiro atoms. The number of hydrogen-bond acceptors (Lipinski definition) is 7. The third kappa shape index (κ3) is 4.55. The van der Waals surface area contributed by atoms with Gasteiger partial charge in [0, 0.05) is 13.0 Å². The van der Waals surface area contributed by atoms with Gasteiger partial charge >= 0.3 is 0 Å². The van der Waals surface area contributed by atoms with Crippen LogP contribution in [0.2, 0.25) is 0 Å². The number of methoxy groups -OCH3 is 1. The van der Waals surface area contributed by atoms with Crippen molar-refractivity contribution in [2.45, 2.75) is 19.1 Å². The fourth-order valence-electron chi connectivity index (χ4n) is 3.46. The standard InChI is InChI=1S/C21H25N5O3/c1-27-9-10-29-20-18-19(24-21(22)25-20)26(14-23-18)17-8-7-16(11-17)13-28-12-15-5-3-2-4-6-15/h2-8,14,16-17H,9-13H2,1H3,(H2,22,24,25)/t16-,17-/m0/s1. The number of aromatic nitrogens is 4. The van der Waals surface area contributed by atoms with Crippen molar-refractivity contribution in [1.29, 1.82) is 0 Å². The van der Waals surface area contributed by atoms with Gasteiger partial charge in [-0.15, -0.1) is 0 Å². The van der Waals surface area contributed by atoms with E-state index in [1.165, 1.54) is 5.56 Å². The van der Waals surface area contributed by atoms with Gasteiger partial charge in [0.15, 0.2) is 11.2 Å². The second kappa shape index (κ2) is 9.02. The van der Waals surface area contributed by atoms with Crippen molar-refractivity contribution in [3.63, 3.8) is 0 Å². The topological polar surface area (TPSA) is 97.3 Å². The van der Waals surface area contributed by atoms with Gasteiger partial charge in [0.1, 0.15) is 6.61 Å². The van der Waals surface area contributed by atoms with Gasteiger partial charge in [-0.05, 0) is 12.0 Å². The van der Waals surface area contributed by atoms with Crippen molar-refractivity contribution in [1.82, 2.24) is 19.5 Å². The first kappa shape index (κ1) is 19.4. The van der Waals surface area contributed by atoms with E-state index >= 15 is 0 Å². The van der Waals surface area contributed by atoms with Crippen LogP contribution >= 0.6 is 0 Å². The molecule has 3 aromatic rings. The van der Waals surface area contributed by atoms with Gasteiger partial charge in [-0.25, -0.2) is 4.98 Å². The number of imidazole rings is 1. The fraction of sp³-hybridized carbons (Fsp3) is 0.381. The Kier molecular flexibility index (Phi) is 6.02. The van der Waals surface area contributed by atoms with Gasteiger partial charge < -0.3 is 24.5 Å². The van der Waals surface area contributed by atoms with Crippen molar-refractivity contribution >= 4 is 17.1 Å². The predicted octanol–water partition coefficient (Wildman–Crippen LogP) is 2.77. The lowest BCUT2D eigenvalue weighted by atomic mass is 10.1. The van der Waals surface area contributed by atoms with E-state index in [1.807, 2.05) is 22.8 Å². The molecule has 1 aliphatic rings. The minimum absolute atomic E-state index is 0.145. The quantitative estimate of drug-likeness (QED) is 0.439. The molecule has 8 heteroatoms. The van der Waals surface area contributed by atoms with E-state index in [9.17, 15) is 0 Å². The first-order valence-electron chi connectivity index (χ1n) is 9.66. The molecule has 0 radical (unpaired) electrons. The molecule has 0 saturated heterocycles. The van der Waals surface area contributed by atoms with E-state index in [2.05, 4.69) is 39.2 Å². The summed E-state index contributed by atoms with van der Waals surface area (Å²) in [6, 6.07) is 10.3. The lowest BCUT2D eigenvalue weighted by molar-refractivity contribution is 0.0974. The monoisotopic (exact) mass is 395 g/mol. The maximum Gasteiger partial charge on any atom is 0.247 e. The van der Waals surface area contributed by atoms with Crippen LogP contribution in [-0.4, -0.2) is 46.4 Å². The largest absolute Gasteiger partial charge is 0.474 e. The summed E-state index contributed by atoms with van der Waals surface area (Å²) in [4.78, 5) is 13.0. The van der Waals surface area contributed by atoms with Crippen LogP contribution in [0.25, 0.3) is 11.2 Å². The average molecular weight is 395 g/mol. The molecular weight excluding hydrogens is 370 g/mol. The molecule has 2 N–H and O–H groups in total. The summed E-state index contributed by atoms with van der Waals surface area (Å²) in [5.74, 6) is 0.891. The molecule has 0 aliphatic heterocycles. The van der Waals surface area contributed by atoms with Crippen LogP contribution < -0.4 is 10.5 Å². The van der Waals surface area contributed by atoms with Crippen LogP contribution in [-0.2, 0) is 16.1 Å². The number of nitrogens with two attached hydrogens (primary N) is 1. The minimum Gasteiger partial charge on any atom is -0.474 e. The van der Waals surface area contributed by atoms with Crippen molar-refractivity contribution in [2.75, 3.05) is 32.7 Å². The van der Waals surface area contributed by atoms with Crippen LogP contribution in [0.15, 0.2) is 48.8 Å². The number of hydrogen-bond donors (Lipinski definition) is 1. The van der Waals surface area contributed by atoms with E-state index in [4.69, 9.17) is 19.9 Å². The van der Waals surface area contributed by atoms with Crippen molar-refractivity contribution in [2.24, 2.45) is 5.92 Å². The Bertz CT molecular complexity index is 973. The highest BCUT2D eigenvalue weighted by atomic mass is 16.5. The summed E-state index contributed by atoms with van der Waals surface area (Å²) >= 11 is 0. The number of anilines is 1. The number of nitrogen functional groups attached to an aromatic ring is 1. The van der Waals surface area contributed by atoms with E-state index in [0.29, 0.717) is 49.4 Å². The molecule has 0 unspecified atom stereocenters. The van der Waals surface area contributed by atoms with Crippen molar-refractivity contribution in [3.05, 3.63) is 54.4 Å². The van der Waals surface area contributed by atoms with E-state index < -0.39 is 0 Å². The van der Waals surface area contributed by atoms with Crippen LogP contribution in [0.5, 0.6) is 5.88 Å². The summed E-state index contributed by atoms with van der Waals surface area (Å²) in [5, 5.41) is 0. The van der Waals surface area contributed by atoms with Gasteiger partial charge in [0.05, 0.1) is 32.2 Å². The molecule has 2 atom stereocenters. The Labute approximate surface area is 169 Å². The van der Waals surface area contributed by atoms with Crippen LogP contribution in [0.3, 0.4) is 0 Å². The zero-order chi connectivity index (χ0) is 20.1. The minimum atomic E-state index is 0.145. The lowest BCUT2D eigenvalue weighted by Gasteiger charge is -2.14. The lowest BCUT2D eigenvalue weighted by Crippen LogP contribution is -2.11. The third-order valence-electron chi connectivity index (χ3n) is 4.88. The van der Waals surface area contributed by atoms with E-state index in [1.54, 1.807) is 13.4 Å². The van der Waals surface area contributed by atoms with Gasteiger partial charge in [0.2, 0.25) is 11.8 Å². The number of rotatable bonds is 9. The molecule has 152 valence electrons. The smallest absolute Gasteiger partial charge is 0.247 e. The highest BCUT2D eigenvalue weighted by Crippen LogP contribution is 2.32. The second-order valence-corrected chi connectivity index (χ2v) is 7.00. The summed E-state index contributed by atoms with van der Waals surface area (Å²) in [5.41, 5.74) is 8.35. The number of benzene rings is 1. The summed E-state index contributed by atoms with van der Waals surface area (Å²) in [7, 11) is 1.62. The summed E-state index contributed by atoms with van der Waals surface area (Å²) < 4.78 is 18.6. The second-order valence-electron chi connectivity index (χ2n) is 7.00. The zero-order valence-corrected chi connectivity index (χ0v) is 16.4. The summed E-state index contributed by atoms with van der Waals surface area (Å²) in [6.07, 6.45) is 7.05. The molecule has 0 bridgehead atoms. The summed E-state index contributed by atoms with van der Waals surface area (Å²) in [6.45, 7) is 2.13. The molecule has 1 aromatic carbocycles. The molecule has 0 amide bonds. The number of ether oxygens (including phenoxy) is 3. The van der Waals surface area contributed by atoms with Crippen LogP contribution in [0.4, 0.5) is 5.95 Å². The molecule has 4 rings (SSSR count). The van der Waals surface area contributed by atoms with Gasteiger partial charge in [-0.2, -0.15) is 9.97 Å². The molecule has 29 heavy (non-hydrogen) atoms. The number of nitrogens with zero attached hydrogens (tertiary/aromatic N) is 4. The SMILES string of the molecule is COCCOc1nc(N)nc2c1ncn2[C@H]1C=C[C@H](COCc2ccccc2)C1. The molecule has 2 heterocycles. The van der Waals surface area contributed by atoms with Gasteiger partial charge in [-0.3, -0.25) is 0 Å². The number of allylic oxidation sites excluding steroid dienone is 1. The van der Waals surface area contributed by atoms with Gasteiger partial charge in [0.25, 0.3) is 0 Å². The van der Waals surface area contributed by atoms with Crippen molar-refractivity contribution in [3.8, 4) is 5.88 Å².